The van der Waals surface area contributed by atoms with Gasteiger partial charge in [-0.25, -0.2) is 0 Å². The van der Waals surface area contributed by atoms with E-state index >= 15 is 0 Å². The third-order valence-electron chi connectivity index (χ3n) is 2.63. The van der Waals surface area contributed by atoms with Gasteiger partial charge in [0.25, 0.3) is 6.47 Å². The molecule has 1 heterocycles. The Bertz CT molecular complexity index is 328. The standard InChI is InChI=1S/C12H15NO3/c14-10-16-12-9-15-7-6-13(12)8-11-4-2-1-3-5-11/h1-5,10,12H,6-9H2/t12-/m0/s1. The van der Waals surface area contributed by atoms with E-state index in [0.29, 0.717) is 19.7 Å². The lowest BCUT2D eigenvalue weighted by molar-refractivity contribution is -0.162. The molecule has 2 rings (SSSR count). The topological polar surface area (TPSA) is 38.8 Å². The van der Waals surface area contributed by atoms with Crippen molar-refractivity contribution in [2.45, 2.75) is 12.8 Å². The van der Waals surface area contributed by atoms with Gasteiger partial charge in [0.2, 0.25) is 0 Å². The Balaban J connectivity index is 1.98. The first-order valence-corrected chi connectivity index (χ1v) is 5.35. The van der Waals surface area contributed by atoms with E-state index in [1.807, 2.05) is 18.2 Å². The van der Waals surface area contributed by atoms with E-state index in [2.05, 4.69) is 17.0 Å². The van der Waals surface area contributed by atoms with Gasteiger partial charge in [-0.2, -0.15) is 0 Å². The first kappa shape index (κ1) is 11.1. The zero-order valence-electron chi connectivity index (χ0n) is 9.04. The second-order valence-electron chi connectivity index (χ2n) is 3.72. The number of hydrogen-bond donors (Lipinski definition) is 0. The molecular weight excluding hydrogens is 206 g/mol. The van der Waals surface area contributed by atoms with E-state index in [-0.39, 0.29) is 6.23 Å². The number of rotatable bonds is 4. The van der Waals surface area contributed by atoms with E-state index in [1.54, 1.807) is 0 Å². The molecule has 0 aliphatic carbocycles. The fourth-order valence-electron chi connectivity index (χ4n) is 1.80. The highest BCUT2D eigenvalue weighted by molar-refractivity contribution is 5.37. The zero-order valence-corrected chi connectivity index (χ0v) is 9.04. The highest BCUT2D eigenvalue weighted by Gasteiger charge is 2.23. The van der Waals surface area contributed by atoms with Gasteiger partial charge in [-0.15, -0.1) is 0 Å². The molecule has 16 heavy (non-hydrogen) atoms. The van der Waals surface area contributed by atoms with Crippen LogP contribution in [0, 0.1) is 0 Å². The quantitative estimate of drug-likeness (QED) is 0.711. The van der Waals surface area contributed by atoms with Crippen molar-refractivity contribution in [2.75, 3.05) is 19.8 Å². The Morgan fingerprint density at radius 3 is 3.00 bits per heavy atom. The maximum Gasteiger partial charge on any atom is 0.294 e. The molecule has 1 atom stereocenters. The summed E-state index contributed by atoms with van der Waals surface area (Å²) in [5, 5.41) is 0. The summed E-state index contributed by atoms with van der Waals surface area (Å²) in [5.41, 5.74) is 1.21. The van der Waals surface area contributed by atoms with Crippen LogP contribution >= 0.6 is 0 Å². The Kier molecular flexibility index (Phi) is 3.91. The predicted octanol–water partition coefficient (Wildman–Crippen LogP) is 1.02. The molecule has 0 saturated carbocycles. The predicted molar refractivity (Wildman–Crippen MR) is 58.6 cm³/mol. The van der Waals surface area contributed by atoms with Gasteiger partial charge in [0.05, 0.1) is 13.2 Å². The molecule has 1 aromatic carbocycles. The molecular formula is C12H15NO3. The van der Waals surface area contributed by atoms with Gasteiger partial charge in [0.1, 0.15) is 0 Å². The van der Waals surface area contributed by atoms with Crippen molar-refractivity contribution in [1.82, 2.24) is 4.90 Å². The average molecular weight is 221 g/mol. The monoisotopic (exact) mass is 221 g/mol. The largest absolute Gasteiger partial charge is 0.446 e. The molecule has 1 saturated heterocycles. The lowest BCUT2D eigenvalue weighted by atomic mass is 10.2. The second-order valence-corrected chi connectivity index (χ2v) is 3.72. The van der Waals surface area contributed by atoms with Crippen molar-refractivity contribution < 1.29 is 14.3 Å². The Hall–Kier alpha value is -1.39. The molecule has 0 spiro atoms. The molecule has 1 aromatic rings. The molecule has 4 nitrogen and oxygen atoms in total. The van der Waals surface area contributed by atoms with Crippen molar-refractivity contribution in [2.24, 2.45) is 0 Å². The molecule has 0 bridgehead atoms. The summed E-state index contributed by atoms with van der Waals surface area (Å²) >= 11 is 0. The second kappa shape index (κ2) is 5.63. The van der Waals surface area contributed by atoms with Crippen molar-refractivity contribution >= 4 is 6.47 Å². The highest BCUT2D eigenvalue weighted by atomic mass is 16.6. The minimum Gasteiger partial charge on any atom is -0.446 e. The lowest BCUT2D eigenvalue weighted by Crippen LogP contribution is -2.46. The number of carbonyl (C=O) groups is 1. The molecule has 86 valence electrons. The van der Waals surface area contributed by atoms with Gasteiger partial charge in [0.15, 0.2) is 6.23 Å². The number of nitrogens with zero attached hydrogens (tertiary/aromatic N) is 1. The van der Waals surface area contributed by atoms with Crippen LogP contribution in [-0.2, 0) is 20.8 Å². The number of morpholine rings is 1. The van der Waals surface area contributed by atoms with Crippen LogP contribution in [0.15, 0.2) is 30.3 Å². The summed E-state index contributed by atoms with van der Waals surface area (Å²) in [6, 6.07) is 10.1. The summed E-state index contributed by atoms with van der Waals surface area (Å²) < 4.78 is 10.3. The summed E-state index contributed by atoms with van der Waals surface area (Å²) in [4.78, 5) is 12.5. The van der Waals surface area contributed by atoms with Crippen LogP contribution in [0.2, 0.25) is 0 Å². The van der Waals surface area contributed by atoms with Crippen LogP contribution in [0.1, 0.15) is 5.56 Å². The van der Waals surface area contributed by atoms with Crippen molar-refractivity contribution in [1.29, 1.82) is 0 Å². The fourth-order valence-corrected chi connectivity index (χ4v) is 1.80. The van der Waals surface area contributed by atoms with Crippen molar-refractivity contribution in [3.8, 4) is 0 Å². The molecule has 1 aliphatic rings. The van der Waals surface area contributed by atoms with Crippen LogP contribution in [0.3, 0.4) is 0 Å². The molecule has 0 radical (unpaired) electrons. The molecule has 1 fully saturated rings. The van der Waals surface area contributed by atoms with Crippen LogP contribution in [0.25, 0.3) is 0 Å². The third kappa shape index (κ3) is 2.81. The van der Waals surface area contributed by atoms with Crippen molar-refractivity contribution in [3.05, 3.63) is 35.9 Å². The fraction of sp³-hybridized carbons (Fsp3) is 0.417. The first-order chi connectivity index (χ1) is 7.90. The van der Waals surface area contributed by atoms with Crippen molar-refractivity contribution in [3.63, 3.8) is 0 Å². The highest BCUT2D eigenvalue weighted by Crippen LogP contribution is 2.12. The minimum atomic E-state index is -0.258. The lowest BCUT2D eigenvalue weighted by Gasteiger charge is -2.33. The van der Waals surface area contributed by atoms with Crippen LogP contribution in [0.4, 0.5) is 0 Å². The minimum absolute atomic E-state index is 0.258. The Labute approximate surface area is 94.8 Å². The van der Waals surface area contributed by atoms with Gasteiger partial charge >= 0.3 is 0 Å². The smallest absolute Gasteiger partial charge is 0.294 e. The molecule has 0 unspecified atom stereocenters. The van der Waals surface area contributed by atoms with E-state index in [9.17, 15) is 4.79 Å². The van der Waals surface area contributed by atoms with Gasteiger partial charge in [-0.1, -0.05) is 30.3 Å². The van der Waals surface area contributed by atoms with Crippen LogP contribution < -0.4 is 0 Å². The number of hydrogen-bond acceptors (Lipinski definition) is 4. The molecule has 1 aliphatic heterocycles. The van der Waals surface area contributed by atoms with Gasteiger partial charge in [-0.05, 0) is 5.56 Å². The molecule has 0 amide bonds. The van der Waals surface area contributed by atoms with Crippen LogP contribution in [0.5, 0.6) is 0 Å². The maximum atomic E-state index is 10.4. The van der Waals surface area contributed by atoms with E-state index in [4.69, 9.17) is 9.47 Å². The van der Waals surface area contributed by atoms with Gasteiger partial charge in [0, 0.05) is 13.1 Å². The molecule has 0 aromatic heterocycles. The molecule has 4 heteroatoms. The van der Waals surface area contributed by atoms with E-state index in [0.717, 1.165) is 13.1 Å². The number of ether oxygens (including phenoxy) is 2. The van der Waals surface area contributed by atoms with Crippen LogP contribution in [-0.4, -0.2) is 37.4 Å². The normalized spacial score (nSPS) is 21.6. The van der Waals surface area contributed by atoms with Gasteiger partial charge in [-0.3, -0.25) is 9.69 Å². The van der Waals surface area contributed by atoms with E-state index < -0.39 is 0 Å². The Morgan fingerprint density at radius 1 is 1.44 bits per heavy atom. The summed E-state index contributed by atoms with van der Waals surface area (Å²) in [6.45, 7) is 3.19. The van der Waals surface area contributed by atoms with Gasteiger partial charge < -0.3 is 9.47 Å². The zero-order chi connectivity index (χ0) is 11.2. The SMILES string of the molecule is O=CO[C@H]1COCCN1Cc1ccccc1. The summed E-state index contributed by atoms with van der Waals surface area (Å²) in [7, 11) is 0. The maximum absolute atomic E-state index is 10.4. The summed E-state index contributed by atoms with van der Waals surface area (Å²) in [6.07, 6.45) is -0.258. The average Bonchev–Trinajstić information content (AvgIpc) is 2.33. The Morgan fingerprint density at radius 2 is 2.25 bits per heavy atom. The summed E-state index contributed by atoms with van der Waals surface area (Å²) in [5.74, 6) is 0. The number of carbonyl (C=O) groups excluding carboxylic acids is 1. The first-order valence-electron chi connectivity index (χ1n) is 5.35. The third-order valence-corrected chi connectivity index (χ3v) is 2.63. The molecule has 0 N–H and O–H groups in total. The van der Waals surface area contributed by atoms with E-state index in [1.165, 1.54) is 5.56 Å². The number of benzene rings is 1.